The third-order valence-corrected chi connectivity index (χ3v) is 7.95. The summed E-state index contributed by atoms with van der Waals surface area (Å²) in [4.78, 5) is 23.2. The van der Waals surface area contributed by atoms with E-state index in [-0.39, 0.29) is 11.7 Å². The number of carbonyl (C=O) groups excluding carboxylic acids is 1. The lowest BCUT2D eigenvalue weighted by Gasteiger charge is -2.37. The van der Waals surface area contributed by atoms with E-state index in [9.17, 15) is 13.2 Å². The lowest BCUT2D eigenvalue weighted by Crippen LogP contribution is -2.47. The molecule has 1 saturated heterocycles. The van der Waals surface area contributed by atoms with Crippen LogP contribution in [0, 0.1) is 0 Å². The maximum atomic E-state index is 12.7. The Balaban J connectivity index is 1.30. The van der Waals surface area contributed by atoms with Gasteiger partial charge in [0.25, 0.3) is 0 Å². The molecule has 0 aliphatic carbocycles. The van der Waals surface area contributed by atoms with E-state index in [1.807, 2.05) is 12.1 Å². The van der Waals surface area contributed by atoms with Gasteiger partial charge >= 0.3 is 0 Å². The first-order chi connectivity index (χ1) is 14.7. The highest BCUT2D eigenvalue weighted by Crippen LogP contribution is 2.45. The molecule has 2 aliphatic rings. The molecule has 166 valence electrons. The molecule has 2 aliphatic heterocycles. The number of fused-ring (bicyclic) bond motifs is 2. The van der Waals surface area contributed by atoms with Crippen molar-refractivity contribution in [3.05, 3.63) is 47.0 Å². The number of ether oxygens (including phenoxy) is 1. The number of sulfone groups is 1. The molecule has 2 aromatic rings. The topological polar surface area (TPSA) is 101 Å². The fraction of sp³-hybridized carbons (Fsp3) is 0.476. The molecule has 4 rings (SSSR count). The van der Waals surface area contributed by atoms with E-state index < -0.39 is 20.5 Å². The Bertz CT molecular complexity index is 1080. The fourth-order valence-electron chi connectivity index (χ4n) is 4.14. The van der Waals surface area contributed by atoms with Crippen molar-refractivity contribution in [2.45, 2.75) is 30.4 Å². The number of hydrogen-bond donors (Lipinski definition) is 1. The number of likely N-dealkylation sites (tertiary alicyclic amines) is 1. The molecule has 1 aromatic carbocycles. The first-order valence-electron chi connectivity index (χ1n) is 10.2. The van der Waals surface area contributed by atoms with Crippen molar-refractivity contribution < 1.29 is 17.9 Å². The Morgan fingerprint density at radius 1 is 1.26 bits per heavy atom. The molecule has 31 heavy (non-hydrogen) atoms. The second-order valence-electron chi connectivity index (χ2n) is 8.16. The summed E-state index contributed by atoms with van der Waals surface area (Å²) in [5.41, 5.74) is 1.36. The smallest absolute Gasteiger partial charge is 0.235 e. The van der Waals surface area contributed by atoms with Crippen LogP contribution in [0.15, 0.2) is 30.6 Å². The molecule has 1 unspecified atom stereocenters. The summed E-state index contributed by atoms with van der Waals surface area (Å²) in [6.45, 7) is 4.28. The van der Waals surface area contributed by atoms with Gasteiger partial charge in [0.05, 0.1) is 17.8 Å². The third-order valence-electron chi connectivity index (χ3n) is 6.22. The SMILES string of the molecule is CC(c1ncc(OCCN2CCC3(CC2)C(=O)Nc2ccc(Cl)cc23)cn1)S(C)(=O)=O. The highest BCUT2D eigenvalue weighted by molar-refractivity contribution is 7.90. The summed E-state index contributed by atoms with van der Waals surface area (Å²) < 4.78 is 29.0. The number of hydrogen-bond acceptors (Lipinski definition) is 7. The van der Waals surface area contributed by atoms with Gasteiger partial charge in [0.15, 0.2) is 15.6 Å². The van der Waals surface area contributed by atoms with Gasteiger partial charge in [0, 0.05) is 23.5 Å². The molecule has 1 N–H and O–H groups in total. The van der Waals surface area contributed by atoms with Crippen molar-refractivity contribution in [1.82, 2.24) is 14.9 Å². The van der Waals surface area contributed by atoms with Crippen LogP contribution in [-0.2, 0) is 20.0 Å². The lowest BCUT2D eigenvalue weighted by molar-refractivity contribution is -0.122. The minimum Gasteiger partial charge on any atom is -0.489 e. The molecule has 3 heterocycles. The maximum Gasteiger partial charge on any atom is 0.235 e. The average molecular weight is 465 g/mol. The normalized spacial score (nSPS) is 19.1. The second kappa shape index (κ2) is 8.37. The quantitative estimate of drug-likeness (QED) is 0.701. The summed E-state index contributed by atoms with van der Waals surface area (Å²) in [6, 6.07) is 5.57. The van der Waals surface area contributed by atoms with E-state index in [2.05, 4.69) is 20.2 Å². The van der Waals surface area contributed by atoms with Crippen LogP contribution in [0.3, 0.4) is 0 Å². The van der Waals surface area contributed by atoms with Crippen molar-refractivity contribution in [3.63, 3.8) is 0 Å². The molecule has 0 bridgehead atoms. The standard InChI is InChI=1S/C21H25ClN4O4S/c1-14(31(2,28)29)19-23-12-16(13-24-19)30-10-9-26-7-5-21(6-8-26)17-11-15(22)3-4-18(17)25-20(21)27/h3-4,11-14H,5-10H2,1-2H3,(H,25,27). The Labute approximate surface area is 186 Å². The minimum atomic E-state index is -3.24. The number of rotatable bonds is 6. The molecule has 10 heteroatoms. The number of amides is 1. The van der Waals surface area contributed by atoms with Crippen molar-refractivity contribution in [1.29, 1.82) is 0 Å². The number of anilines is 1. The van der Waals surface area contributed by atoms with Gasteiger partial charge in [0.1, 0.15) is 17.7 Å². The van der Waals surface area contributed by atoms with Crippen molar-refractivity contribution in [2.24, 2.45) is 0 Å². The first-order valence-corrected chi connectivity index (χ1v) is 12.5. The number of nitrogens with one attached hydrogen (secondary N) is 1. The number of benzene rings is 1. The Hall–Kier alpha value is -2.23. The van der Waals surface area contributed by atoms with Gasteiger partial charge in [0.2, 0.25) is 5.91 Å². The van der Waals surface area contributed by atoms with Crippen LogP contribution >= 0.6 is 11.6 Å². The highest BCUT2D eigenvalue weighted by Gasteiger charge is 2.48. The number of carbonyl (C=O) groups is 1. The summed E-state index contributed by atoms with van der Waals surface area (Å²) in [5.74, 6) is 0.810. The number of aromatic nitrogens is 2. The Kier molecular flexibility index (Phi) is 5.93. The van der Waals surface area contributed by atoms with E-state index in [4.69, 9.17) is 16.3 Å². The van der Waals surface area contributed by atoms with E-state index in [0.717, 1.165) is 43.4 Å². The molecule has 0 saturated carbocycles. The van der Waals surface area contributed by atoms with E-state index in [1.165, 1.54) is 12.4 Å². The van der Waals surface area contributed by atoms with Gasteiger partial charge in [-0.25, -0.2) is 18.4 Å². The molecular weight excluding hydrogens is 440 g/mol. The van der Waals surface area contributed by atoms with E-state index >= 15 is 0 Å². The third kappa shape index (κ3) is 4.40. The highest BCUT2D eigenvalue weighted by atomic mass is 35.5. The Morgan fingerprint density at radius 2 is 1.94 bits per heavy atom. The van der Waals surface area contributed by atoms with Crippen molar-refractivity contribution in [3.8, 4) is 5.75 Å². The minimum absolute atomic E-state index is 0.0567. The first kappa shape index (κ1) is 22.0. The van der Waals surface area contributed by atoms with Crippen LogP contribution in [0.25, 0.3) is 0 Å². The molecule has 8 nitrogen and oxygen atoms in total. The van der Waals surface area contributed by atoms with Gasteiger partial charge < -0.3 is 10.1 Å². The summed E-state index contributed by atoms with van der Waals surface area (Å²) in [6.07, 6.45) is 5.62. The molecule has 1 amide bonds. The van der Waals surface area contributed by atoms with Gasteiger partial charge in [-0.15, -0.1) is 0 Å². The van der Waals surface area contributed by atoms with Crippen molar-refractivity contribution >= 4 is 33.0 Å². The number of piperidine rings is 1. The zero-order valence-corrected chi connectivity index (χ0v) is 19.0. The number of halogens is 1. The Morgan fingerprint density at radius 3 is 2.58 bits per heavy atom. The molecule has 1 fully saturated rings. The van der Waals surface area contributed by atoms with Gasteiger partial charge in [-0.05, 0) is 56.6 Å². The zero-order chi connectivity index (χ0) is 22.2. The predicted octanol–water partition coefficient (Wildman–Crippen LogP) is 2.60. The van der Waals surface area contributed by atoms with E-state index in [1.54, 1.807) is 13.0 Å². The second-order valence-corrected chi connectivity index (χ2v) is 11.0. The van der Waals surface area contributed by atoms with Crippen LogP contribution in [0.1, 0.15) is 36.4 Å². The molecule has 0 radical (unpaired) electrons. The van der Waals surface area contributed by atoms with Gasteiger partial charge in [-0.2, -0.15) is 0 Å². The van der Waals surface area contributed by atoms with Gasteiger partial charge in [-0.1, -0.05) is 11.6 Å². The summed E-state index contributed by atoms with van der Waals surface area (Å²) in [5, 5.41) is 2.88. The lowest BCUT2D eigenvalue weighted by atomic mass is 9.73. The average Bonchev–Trinajstić information content (AvgIpc) is 3.00. The zero-order valence-electron chi connectivity index (χ0n) is 17.5. The van der Waals surface area contributed by atoms with Crippen molar-refractivity contribution in [2.75, 3.05) is 37.8 Å². The summed E-state index contributed by atoms with van der Waals surface area (Å²) >= 11 is 6.17. The monoisotopic (exact) mass is 464 g/mol. The summed E-state index contributed by atoms with van der Waals surface area (Å²) in [7, 11) is -3.24. The van der Waals surface area contributed by atoms with Crippen LogP contribution < -0.4 is 10.1 Å². The van der Waals surface area contributed by atoms with E-state index in [0.29, 0.717) is 23.9 Å². The van der Waals surface area contributed by atoms with Gasteiger partial charge in [-0.3, -0.25) is 9.69 Å². The molecule has 1 spiro atoms. The molecule has 1 atom stereocenters. The van der Waals surface area contributed by atoms with Crippen LogP contribution in [0.5, 0.6) is 5.75 Å². The van der Waals surface area contributed by atoms with Crippen LogP contribution in [-0.4, -0.2) is 61.7 Å². The molecular formula is C21H25ClN4O4S. The fourth-order valence-corrected chi connectivity index (χ4v) is 4.81. The van der Waals surface area contributed by atoms with Crippen LogP contribution in [0.4, 0.5) is 5.69 Å². The molecule has 1 aromatic heterocycles. The number of nitrogens with zero attached hydrogens (tertiary/aromatic N) is 3. The maximum absolute atomic E-state index is 12.7. The largest absolute Gasteiger partial charge is 0.489 e. The van der Waals surface area contributed by atoms with Crippen LogP contribution in [0.2, 0.25) is 5.02 Å². The predicted molar refractivity (Wildman–Crippen MR) is 118 cm³/mol.